The van der Waals surface area contributed by atoms with E-state index in [2.05, 4.69) is 246 Å². The standard InChI is InChI=1S/C60H42N2S/c1-3-16-41(17-4-1)40-54-53-28-15-30-56(58(53)60-59(54)62(46-22-5-2-6-23-46)55-29-11-12-31-57(55)63-60)61(47-36-32-44(33-37-47)51-26-13-20-42-18-7-9-24-49(42)51)48-38-34-45(35-39-48)52-27-14-21-43-19-8-10-25-50(43)52/h1-39,54H,40H2. The van der Waals surface area contributed by atoms with Crippen LogP contribution in [-0.4, -0.2) is 0 Å². The van der Waals surface area contributed by atoms with Crippen LogP contribution in [0.15, 0.2) is 247 Å². The average Bonchev–Trinajstić information content (AvgIpc) is 3.66. The lowest BCUT2D eigenvalue weighted by Gasteiger charge is -2.36. The minimum absolute atomic E-state index is 0.128. The molecule has 1 unspecified atom stereocenters. The molecule has 1 aliphatic carbocycles. The van der Waals surface area contributed by atoms with Gasteiger partial charge in [0.05, 0.1) is 11.4 Å². The summed E-state index contributed by atoms with van der Waals surface area (Å²) in [5.74, 6) is 0.128. The summed E-state index contributed by atoms with van der Waals surface area (Å²) in [5.41, 5.74) is 16.0. The van der Waals surface area contributed by atoms with Crippen LogP contribution in [0, 0.1) is 0 Å². The summed E-state index contributed by atoms with van der Waals surface area (Å²) < 4.78 is 0. The van der Waals surface area contributed by atoms with Crippen molar-refractivity contribution in [1.82, 2.24) is 0 Å². The van der Waals surface area contributed by atoms with E-state index in [1.165, 1.54) is 93.0 Å². The van der Waals surface area contributed by atoms with Crippen LogP contribution in [0.25, 0.3) is 48.7 Å². The van der Waals surface area contributed by atoms with Gasteiger partial charge in [-0.25, -0.2) is 0 Å². The summed E-state index contributed by atoms with van der Waals surface area (Å²) in [4.78, 5) is 7.60. The van der Waals surface area contributed by atoms with E-state index < -0.39 is 0 Å². The maximum absolute atomic E-state index is 2.54. The van der Waals surface area contributed by atoms with E-state index in [0.29, 0.717) is 0 Å². The van der Waals surface area contributed by atoms with Gasteiger partial charge in [0.15, 0.2) is 0 Å². The largest absolute Gasteiger partial charge is 0.311 e. The molecular formula is C60H42N2S. The zero-order valence-corrected chi connectivity index (χ0v) is 35.4. The summed E-state index contributed by atoms with van der Waals surface area (Å²) in [5, 5.41) is 5.01. The van der Waals surface area contributed by atoms with Crippen molar-refractivity contribution in [2.45, 2.75) is 17.2 Å². The lowest BCUT2D eigenvalue weighted by atomic mass is 9.90. The summed E-state index contributed by atoms with van der Waals surface area (Å²) in [6, 6.07) is 86.8. The Balaban J connectivity index is 1.06. The number of anilines is 5. The number of hydrogen-bond donors (Lipinski definition) is 0. The van der Waals surface area contributed by atoms with Crippen molar-refractivity contribution in [3.8, 4) is 22.3 Å². The zero-order chi connectivity index (χ0) is 41.7. The van der Waals surface area contributed by atoms with Crippen LogP contribution in [0.4, 0.5) is 28.4 Å². The minimum Gasteiger partial charge on any atom is -0.311 e. The highest BCUT2D eigenvalue weighted by Gasteiger charge is 2.42. The van der Waals surface area contributed by atoms with Crippen LogP contribution in [0.1, 0.15) is 22.6 Å². The molecule has 10 aromatic rings. The highest BCUT2D eigenvalue weighted by atomic mass is 32.2. The van der Waals surface area contributed by atoms with Gasteiger partial charge in [-0.2, -0.15) is 0 Å². The lowest BCUT2D eigenvalue weighted by Crippen LogP contribution is -2.23. The van der Waals surface area contributed by atoms with Gasteiger partial charge < -0.3 is 9.80 Å². The van der Waals surface area contributed by atoms with E-state index in [0.717, 1.165) is 17.8 Å². The maximum Gasteiger partial charge on any atom is 0.0598 e. The fourth-order valence-electron chi connectivity index (χ4n) is 9.92. The van der Waals surface area contributed by atoms with Crippen molar-refractivity contribution in [3.05, 3.63) is 259 Å². The second kappa shape index (κ2) is 15.7. The SMILES string of the molecule is c1ccc(CC2C3=C(Sc4ccccc4N3c3ccccc3)c3c2cccc3N(c2ccc(-c3cccc4ccccc34)cc2)c2ccc(-c3cccc4ccccc34)cc2)cc1. The maximum atomic E-state index is 2.54. The van der Waals surface area contributed by atoms with E-state index in [1.54, 1.807) is 0 Å². The Kier molecular flexibility index (Phi) is 9.27. The van der Waals surface area contributed by atoms with E-state index >= 15 is 0 Å². The molecule has 2 nitrogen and oxygen atoms in total. The first kappa shape index (κ1) is 37.2. The molecule has 2 aliphatic rings. The monoisotopic (exact) mass is 822 g/mol. The number of fused-ring (bicyclic) bond motifs is 5. The van der Waals surface area contributed by atoms with Gasteiger partial charge in [-0.1, -0.05) is 194 Å². The molecule has 3 heteroatoms. The summed E-state index contributed by atoms with van der Waals surface area (Å²) in [6.07, 6.45) is 0.891. The van der Waals surface area contributed by atoms with Gasteiger partial charge in [0.2, 0.25) is 0 Å². The lowest BCUT2D eigenvalue weighted by molar-refractivity contribution is 0.781. The smallest absolute Gasteiger partial charge is 0.0598 e. The number of hydrogen-bond acceptors (Lipinski definition) is 3. The van der Waals surface area contributed by atoms with Crippen molar-refractivity contribution in [1.29, 1.82) is 0 Å². The van der Waals surface area contributed by atoms with Crippen LogP contribution in [0.3, 0.4) is 0 Å². The summed E-state index contributed by atoms with van der Waals surface area (Å²) in [7, 11) is 0. The third kappa shape index (κ3) is 6.52. The molecule has 0 N–H and O–H groups in total. The molecule has 0 radical (unpaired) electrons. The molecule has 298 valence electrons. The number of thioether (sulfide) groups is 1. The van der Waals surface area contributed by atoms with Crippen LogP contribution in [0.2, 0.25) is 0 Å². The second-order valence-electron chi connectivity index (χ2n) is 16.4. The quantitative estimate of drug-likeness (QED) is 0.151. The Morgan fingerprint density at radius 2 is 0.968 bits per heavy atom. The highest BCUT2D eigenvalue weighted by Crippen LogP contribution is 2.61. The average molecular weight is 823 g/mol. The molecule has 0 amide bonds. The third-order valence-corrected chi connectivity index (χ3v) is 14.0. The Morgan fingerprint density at radius 1 is 0.444 bits per heavy atom. The number of allylic oxidation sites excluding steroid dienone is 1. The van der Waals surface area contributed by atoms with Gasteiger partial charge in [0, 0.05) is 44.0 Å². The fourth-order valence-corrected chi connectivity index (χ4v) is 11.2. The second-order valence-corrected chi connectivity index (χ2v) is 17.5. The van der Waals surface area contributed by atoms with Crippen molar-refractivity contribution in [3.63, 3.8) is 0 Å². The topological polar surface area (TPSA) is 6.48 Å². The van der Waals surface area contributed by atoms with Crippen LogP contribution >= 0.6 is 11.8 Å². The molecule has 0 bridgehead atoms. The first-order valence-electron chi connectivity index (χ1n) is 21.8. The predicted octanol–water partition coefficient (Wildman–Crippen LogP) is 16.7. The Hall–Kier alpha value is -7.59. The van der Waals surface area contributed by atoms with E-state index in [-0.39, 0.29) is 5.92 Å². The van der Waals surface area contributed by atoms with Gasteiger partial charge in [0.1, 0.15) is 0 Å². The number of nitrogens with zero attached hydrogens (tertiary/aromatic N) is 2. The van der Waals surface area contributed by atoms with Crippen molar-refractivity contribution < 1.29 is 0 Å². The van der Waals surface area contributed by atoms with Crippen molar-refractivity contribution in [2.24, 2.45) is 0 Å². The molecule has 12 rings (SSSR count). The van der Waals surface area contributed by atoms with E-state index in [9.17, 15) is 0 Å². The highest BCUT2D eigenvalue weighted by molar-refractivity contribution is 8.08. The van der Waals surface area contributed by atoms with E-state index in [1.807, 2.05) is 11.8 Å². The van der Waals surface area contributed by atoms with E-state index in [4.69, 9.17) is 0 Å². The predicted molar refractivity (Wildman–Crippen MR) is 268 cm³/mol. The summed E-state index contributed by atoms with van der Waals surface area (Å²) >= 11 is 1.92. The third-order valence-electron chi connectivity index (χ3n) is 12.8. The number of rotatable bonds is 8. The Morgan fingerprint density at radius 3 is 1.60 bits per heavy atom. The zero-order valence-electron chi connectivity index (χ0n) is 34.6. The Labute approximate surface area is 373 Å². The molecule has 0 fully saturated rings. The molecule has 1 atom stereocenters. The molecule has 0 saturated carbocycles. The summed E-state index contributed by atoms with van der Waals surface area (Å²) in [6.45, 7) is 0. The van der Waals surface area contributed by atoms with Gasteiger partial charge in [0.25, 0.3) is 0 Å². The fraction of sp³-hybridized carbons (Fsp3) is 0.0333. The normalized spacial score (nSPS) is 14.1. The molecule has 1 heterocycles. The van der Waals surface area contributed by atoms with Gasteiger partial charge >= 0.3 is 0 Å². The van der Waals surface area contributed by atoms with Crippen molar-refractivity contribution in [2.75, 3.05) is 9.80 Å². The Bertz CT molecular complexity index is 3200. The number of para-hydroxylation sites is 2. The first-order chi connectivity index (χ1) is 31.3. The molecule has 0 aromatic heterocycles. The molecule has 10 aromatic carbocycles. The number of benzene rings is 10. The first-order valence-corrected chi connectivity index (χ1v) is 22.6. The molecular weight excluding hydrogens is 781 g/mol. The van der Waals surface area contributed by atoms with Gasteiger partial charge in [-0.15, -0.1) is 0 Å². The molecule has 0 saturated heterocycles. The van der Waals surface area contributed by atoms with Crippen molar-refractivity contribution >= 4 is 66.6 Å². The van der Waals surface area contributed by atoms with Gasteiger partial charge in [-0.3, -0.25) is 0 Å². The molecule has 1 aliphatic heterocycles. The van der Waals surface area contributed by atoms with Crippen LogP contribution in [0.5, 0.6) is 0 Å². The van der Waals surface area contributed by atoms with Crippen LogP contribution in [-0.2, 0) is 6.42 Å². The van der Waals surface area contributed by atoms with Gasteiger partial charge in [-0.05, 0) is 116 Å². The molecule has 63 heavy (non-hydrogen) atoms. The van der Waals surface area contributed by atoms with Crippen LogP contribution < -0.4 is 9.80 Å². The molecule has 0 spiro atoms. The minimum atomic E-state index is 0.128.